The van der Waals surface area contributed by atoms with Crippen molar-refractivity contribution in [2.24, 2.45) is 5.10 Å². The van der Waals surface area contributed by atoms with Crippen molar-refractivity contribution in [2.45, 2.75) is 6.61 Å². The lowest BCUT2D eigenvalue weighted by Gasteiger charge is -2.10. The number of hydrogen-bond acceptors (Lipinski definition) is 7. The van der Waals surface area contributed by atoms with Gasteiger partial charge in [-0.25, -0.2) is 5.43 Å². The Morgan fingerprint density at radius 2 is 1.89 bits per heavy atom. The standard InChI is InChI=1S/C25H19ClN4O5/c26-20-6-8-21(33-14-17-3-1-16(11-27)2-4-17)19(9-20)12-29-30-24(31)13-28-25(32)18-5-7-22-23(10-18)35-15-34-22/h1-10,12H,13-15H2,(H,28,32)(H,30,31). The molecule has 0 fully saturated rings. The number of rotatable bonds is 8. The molecule has 3 aromatic rings. The first-order valence-electron chi connectivity index (χ1n) is 10.4. The highest BCUT2D eigenvalue weighted by atomic mass is 35.5. The summed E-state index contributed by atoms with van der Waals surface area (Å²) in [5, 5.41) is 15.8. The Labute approximate surface area is 205 Å². The summed E-state index contributed by atoms with van der Waals surface area (Å²) in [5.74, 6) is 0.598. The van der Waals surface area contributed by atoms with E-state index in [-0.39, 0.29) is 19.9 Å². The van der Waals surface area contributed by atoms with Crippen LogP contribution in [0.2, 0.25) is 5.02 Å². The number of carbonyl (C=O) groups is 2. The maximum absolute atomic E-state index is 12.3. The van der Waals surface area contributed by atoms with E-state index in [1.54, 1.807) is 60.7 Å². The fraction of sp³-hybridized carbons (Fsp3) is 0.120. The molecule has 10 heteroatoms. The first kappa shape index (κ1) is 23.6. The Morgan fingerprint density at radius 3 is 2.69 bits per heavy atom. The molecule has 1 aliphatic rings. The van der Waals surface area contributed by atoms with Crippen molar-refractivity contribution < 1.29 is 23.8 Å². The second kappa shape index (κ2) is 11.0. The van der Waals surface area contributed by atoms with E-state index >= 15 is 0 Å². The number of hydrogen-bond donors (Lipinski definition) is 2. The van der Waals surface area contributed by atoms with Crippen molar-refractivity contribution in [1.82, 2.24) is 10.7 Å². The highest BCUT2D eigenvalue weighted by Crippen LogP contribution is 2.32. The maximum Gasteiger partial charge on any atom is 0.259 e. The quantitative estimate of drug-likeness (QED) is 0.368. The monoisotopic (exact) mass is 490 g/mol. The van der Waals surface area contributed by atoms with Crippen LogP contribution in [0.1, 0.15) is 27.0 Å². The van der Waals surface area contributed by atoms with Crippen LogP contribution >= 0.6 is 11.6 Å². The van der Waals surface area contributed by atoms with Gasteiger partial charge in [0.1, 0.15) is 12.4 Å². The second-order valence-corrected chi connectivity index (χ2v) is 7.76. The summed E-state index contributed by atoms with van der Waals surface area (Å²) in [6.45, 7) is 0.101. The van der Waals surface area contributed by atoms with Gasteiger partial charge < -0.3 is 19.5 Å². The maximum atomic E-state index is 12.3. The molecule has 1 aliphatic heterocycles. The number of carbonyl (C=O) groups excluding carboxylic acids is 2. The lowest BCUT2D eigenvalue weighted by molar-refractivity contribution is -0.120. The van der Waals surface area contributed by atoms with E-state index in [2.05, 4.69) is 21.9 Å². The highest BCUT2D eigenvalue weighted by Gasteiger charge is 2.16. The van der Waals surface area contributed by atoms with Gasteiger partial charge in [-0.1, -0.05) is 23.7 Å². The molecule has 0 unspecified atom stereocenters. The van der Waals surface area contributed by atoms with Crippen molar-refractivity contribution in [3.63, 3.8) is 0 Å². The fourth-order valence-electron chi connectivity index (χ4n) is 3.10. The molecule has 0 saturated heterocycles. The first-order chi connectivity index (χ1) is 17.0. The second-order valence-electron chi connectivity index (χ2n) is 7.32. The number of amides is 2. The number of ether oxygens (including phenoxy) is 3. The zero-order valence-corrected chi connectivity index (χ0v) is 19.0. The zero-order chi connectivity index (χ0) is 24.6. The third kappa shape index (κ3) is 6.28. The number of benzene rings is 3. The van der Waals surface area contributed by atoms with Crippen LogP contribution in [0.15, 0.2) is 65.8 Å². The molecule has 2 amide bonds. The first-order valence-corrected chi connectivity index (χ1v) is 10.8. The minimum Gasteiger partial charge on any atom is -0.488 e. The molecule has 0 aliphatic carbocycles. The minimum atomic E-state index is -0.516. The van der Waals surface area contributed by atoms with Gasteiger partial charge in [-0.15, -0.1) is 0 Å². The van der Waals surface area contributed by atoms with Gasteiger partial charge >= 0.3 is 0 Å². The summed E-state index contributed by atoms with van der Waals surface area (Å²) in [7, 11) is 0. The molecule has 4 rings (SSSR count). The predicted octanol–water partition coefficient (Wildman–Crippen LogP) is 3.40. The van der Waals surface area contributed by atoms with Crippen molar-refractivity contribution in [2.75, 3.05) is 13.3 Å². The third-order valence-corrected chi connectivity index (χ3v) is 5.12. The number of nitriles is 1. The van der Waals surface area contributed by atoms with Gasteiger partial charge in [0.25, 0.3) is 11.8 Å². The van der Waals surface area contributed by atoms with E-state index in [0.717, 1.165) is 5.56 Å². The van der Waals surface area contributed by atoms with Crippen LogP contribution in [0.3, 0.4) is 0 Å². The van der Waals surface area contributed by atoms with E-state index in [9.17, 15) is 9.59 Å². The van der Waals surface area contributed by atoms with Gasteiger partial charge in [0.15, 0.2) is 11.5 Å². The molecule has 9 nitrogen and oxygen atoms in total. The number of hydrazone groups is 1. The lowest BCUT2D eigenvalue weighted by Crippen LogP contribution is -2.34. The van der Waals surface area contributed by atoms with E-state index in [4.69, 9.17) is 31.1 Å². The summed E-state index contributed by atoms with van der Waals surface area (Å²) in [4.78, 5) is 24.4. The van der Waals surface area contributed by atoms with Crippen LogP contribution in [-0.4, -0.2) is 31.4 Å². The molecule has 1 heterocycles. The van der Waals surface area contributed by atoms with Crippen molar-refractivity contribution >= 4 is 29.6 Å². The van der Waals surface area contributed by atoms with Crippen LogP contribution in [0, 0.1) is 11.3 Å². The average molecular weight is 491 g/mol. The molecule has 0 bridgehead atoms. The van der Waals surface area contributed by atoms with Crippen LogP contribution in [-0.2, 0) is 11.4 Å². The van der Waals surface area contributed by atoms with E-state index < -0.39 is 11.8 Å². The van der Waals surface area contributed by atoms with E-state index in [0.29, 0.717) is 39.0 Å². The van der Waals surface area contributed by atoms with Gasteiger partial charge in [-0.3, -0.25) is 9.59 Å². The summed E-state index contributed by atoms with van der Waals surface area (Å²) in [6.07, 6.45) is 1.40. The summed E-state index contributed by atoms with van der Waals surface area (Å²) in [6, 6.07) is 18.9. The van der Waals surface area contributed by atoms with Crippen molar-refractivity contribution in [1.29, 1.82) is 5.26 Å². The molecule has 176 valence electrons. The number of fused-ring (bicyclic) bond motifs is 1. The molecule has 3 aromatic carbocycles. The Kier molecular flexibility index (Phi) is 7.45. The largest absolute Gasteiger partial charge is 0.488 e. The van der Waals surface area contributed by atoms with Gasteiger partial charge in [-0.2, -0.15) is 10.4 Å². The number of halogens is 1. The fourth-order valence-corrected chi connectivity index (χ4v) is 3.28. The SMILES string of the molecule is N#Cc1ccc(COc2ccc(Cl)cc2C=NNC(=O)CNC(=O)c2ccc3c(c2)OCO3)cc1. The smallest absolute Gasteiger partial charge is 0.259 e. The predicted molar refractivity (Wildman–Crippen MR) is 128 cm³/mol. The summed E-state index contributed by atoms with van der Waals surface area (Å²) in [5.41, 5.74) is 4.70. The Balaban J connectivity index is 1.30. The number of nitrogens with zero attached hydrogens (tertiary/aromatic N) is 2. The zero-order valence-electron chi connectivity index (χ0n) is 18.3. The topological polar surface area (TPSA) is 122 Å². The Hall–Kier alpha value is -4.55. The molecule has 0 saturated carbocycles. The Bertz CT molecular complexity index is 1320. The molecule has 0 aromatic heterocycles. The lowest BCUT2D eigenvalue weighted by atomic mass is 10.1. The van der Waals surface area contributed by atoms with Gasteiger partial charge in [0.2, 0.25) is 6.79 Å². The van der Waals surface area contributed by atoms with Crippen LogP contribution < -0.4 is 25.0 Å². The number of nitrogens with one attached hydrogen (secondary N) is 2. The van der Waals surface area contributed by atoms with E-state index in [1.807, 2.05) is 0 Å². The molecule has 0 spiro atoms. The summed E-state index contributed by atoms with van der Waals surface area (Å²) >= 11 is 6.09. The van der Waals surface area contributed by atoms with Gasteiger partial charge in [0.05, 0.1) is 24.4 Å². The average Bonchev–Trinajstić information content (AvgIpc) is 3.35. The van der Waals surface area contributed by atoms with Gasteiger partial charge in [0, 0.05) is 16.1 Å². The van der Waals surface area contributed by atoms with Crippen molar-refractivity contribution in [3.05, 3.63) is 87.9 Å². The Morgan fingerprint density at radius 1 is 1.09 bits per heavy atom. The molecule has 0 atom stereocenters. The van der Waals surface area contributed by atoms with Gasteiger partial charge in [-0.05, 0) is 54.1 Å². The third-order valence-electron chi connectivity index (χ3n) is 4.89. The molecule has 0 radical (unpaired) electrons. The molecular formula is C25H19ClN4O5. The molecular weight excluding hydrogens is 472 g/mol. The van der Waals surface area contributed by atoms with Crippen LogP contribution in [0.25, 0.3) is 0 Å². The minimum absolute atomic E-state index is 0.107. The normalized spacial score (nSPS) is 11.7. The molecule has 35 heavy (non-hydrogen) atoms. The highest BCUT2D eigenvalue weighted by molar-refractivity contribution is 6.30. The molecule has 2 N–H and O–H groups in total. The van der Waals surface area contributed by atoms with E-state index in [1.165, 1.54) is 6.21 Å². The van der Waals surface area contributed by atoms with Crippen molar-refractivity contribution in [3.8, 4) is 23.3 Å². The van der Waals surface area contributed by atoms with Crippen LogP contribution in [0.4, 0.5) is 0 Å². The summed E-state index contributed by atoms with van der Waals surface area (Å²) < 4.78 is 16.3. The van der Waals surface area contributed by atoms with Crippen LogP contribution in [0.5, 0.6) is 17.2 Å².